The van der Waals surface area contributed by atoms with Gasteiger partial charge in [0.05, 0.1) is 6.10 Å². The van der Waals surface area contributed by atoms with Gasteiger partial charge in [0.1, 0.15) is 5.75 Å². The van der Waals surface area contributed by atoms with Crippen molar-refractivity contribution in [2.75, 3.05) is 0 Å². The van der Waals surface area contributed by atoms with Crippen molar-refractivity contribution >= 4 is 0 Å². The first-order valence-electron chi connectivity index (χ1n) is 8.46. The Labute approximate surface area is 148 Å². The van der Waals surface area contributed by atoms with Crippen LogP contribution in [0, 0.1) is 0 Å². The Bertz CT molecular complexity index is 825. The molecule has 3 aromatic carbocycles. The second-order valence-corrected chi connectivity index (χ2v) is 5.94. The molecule has 0 aliphatic heterocycles. The maximum atomic E-state index is 11.5. The van der Waals surface area contributed by atoms with Crippen LogP contribution in [0.25, 0.3) is 11.1 Å². The van der Waals surface area contributed by atoms with E-state index in [9.17, 15) is 5.11 Å². The summed E-state index contributed by atoms with van der Waals surface area (Å²) in [5.41, 5.74) is 1.88. The molecule has 0 bridgehead atoms. The Hall–Kier alpha value is -2.94. The van der Waals surface area contributed by atoms with Gasteiger partial charge in [-0.3, -0.25) is 5.11 Å². The Morgan fingerprint density at radius 3 is 2.24 bits per heavy atom. The van der Waals surface area contributed by atoms with Gasteiger partial charge in [-0.05, 0) is 60.9 Å². The van der Waals surface area contributed by atoms with Crippen LogP contribution in [0.1, 0.15) is 20.3 Å². The summed E-state index contributed by atoms with van der Waals surface area (Å²) >= 11 is 0. The Morgan fingerprint density at radius 1 is 0.840 bits per heavy atom. The quantitative estimate of drug-likeness (QED) is 0.518. The van der Waals surface area contributed by atoms with E-state index >= 15 is 0 Å². The molecule has 0 heterocycles. The van der Waals surface area contributed by atoms with Crippen LogP contribution in [0.15, 0.2) is 72.8 Å². The van der Waals surface area contributed by atoms with Crippen molar-refractivity contribution in [1.29, 1.82) is 0 Å². The van der Waals surface area contributed by atoms with Crippen LogP contribution in [-0.2, 0) is 5.11 Å². The molecule has 0 saturated carbocycles. The monoisotopic (exact) mass is 333 g/mol. The number of para-hydroxylation sites is 2. The molecule has 0 aromatic heterocycles. The van der Waals surface area contributed by atoms with Gasteiger partial charge in [0.15, 0.2) is 17.2 Å². The van der Waals surface area contributed by atoms with Gasteiger partial charge < -0.3 is 9.47 Å². The van der Waals surface area contributed by atoms with Crippen molar-refractivity contribution in [1.82, 2.24) is 0 Å². The summed E-state index contributed by atoms with van der Waals surface area (Å²) in [6.45, 7) is 4.12. The smallest absolute Gasteiger partial charge is 0.179 e. The van der Waals surface area contributed by atoms with Gasteiger partial charge in [-0.2, -0.15) is 0 Å². The lowest BCUT2D eigenvalue weighted by molar-refractivity contribution is 0.210. The van der Waals surface area contributed by atoms with E-state index in [0.717, 1.165) is 29.0 Å². The normalized spacial score (nSPS) is 11.8. The van der Waals surface area contributed by atoms with E-state index in [2.05, 4.69) is 6.92 Å². The molecule has 3 rings (SSSR count). The van der Waals surface area contributed by atoms with E-state index in [-0.39, 0.29) is 11.9 Å². The highest BCUT2D eigenvalue weighted by atomic mass is 16.5. The van der Waals surface area contributed by atoms with Crippen molar-refractivity contribution in [2.45, 2.75) is 26.4 Å². The fraction of sp³-hybridized carbons (Fsp3) is 0.182. The molecule has 0 aliphatic carbocycles. The fourth-order valence-electron chi connectivity index (χ4n) is 2.45. The third-order valence-corrected chi connectivity index (χ3v) is 4.00. The number of benzene rings is 3. The summed E-state index contributed by atoms with van der Waals surface area (Å²) in [6.07, 6.45) is 1.06. The van der Waals surface area contributed by atoms with E-state index in [1.165, 1.54) is 0 Å². The first kappa shape index (κ1) is 16.9. The predicted octanol–water partition coefficient (Wildman–Crippen LogP) is 6.47. The number of hydrogen-bond donors (Lipinski definition) is 0. The van der Waals surface area contributed by atoms with Crippen LogP contribution in [0.2, 0.25) is 0 Å². The summed E-state index contributed by atoms with van der Waals surface area (Å²) in [5.74, 6) is 2.16. The molecule has 1 atom stereocenters. The molecule has 3 heteroatoms. The molecule has 0 N–H and O–H groups in total. The predicted molar refractivity (Wildman–Crippen MR) is 98.9 cm³/mol. The third-order valence-electron chi connectivity index (χ3n) is 4.00. The zero-order valence-electron chi connectivity index (χ0n) is 14.4. The Kier molecular flexibility index (Phi) is 5.24. The van der Waals surface area contributed by atoms with Gasteiger partial charge in [-0.1, -0.05) is 43.3 Å². The SMILES string of the molecule is CCC(C)Oc1ccccc1Oc1ccc(-c2cccc([O])c2)cc1. The second kappa shape index (κ2) is 7.75. The molecule has 1 radical (unpaired) electrons. The standard InChI is InChI=1S/C22H21O3/c1-3-16(2)24-21-9-4-5-10-22(21)25-20-13-11-17(12-14-20)18-7-6-8-19(23)15-18/h4-16H,3H2,1-2H3. The third kappa shape index (κ3) is 4.32. The number of hydrogen-bond acceptors (Lipinski definition) is 2. The van der Waals surface area contributed by atoms with Gasteiger partial charge in [0.2, 0.25) is 0 Å². The number of rotatable bonds is 6. The summed E-state index contributed by atoms with van der Waals surface area (Å²) in [6, 6.07) is 22.2. The topological polar surface area (TPSA) is 38.4 Å². The number of ether oxygens (including phenoxy) is 2. The molecule has 1 unspecified atom stereocenters. The van der Waals surface area contributed by atoms with E-state index in [4.69, 9.17) is 9.47 Å². The highest BCUT2D eigenvalue weighted by Crippen LogP contribution is 2.33. The minimum absolute atomic E-state index is 0.00828. The maximum Gasteiger partial charge on any atom is 0.179 e. The molecule has 0 fully saturated rings. The molecule has 3 aromatic rings. The van der Waals surface area contributed by atoms with Crippen molar-refractivity contribution in [3.05, 3.63) is 72.8 Å². The van der Waals surface area contributed by atoms with Gasteiger partial charge >= 0.3 is 0 Å². The van der Waals surface area contributed by atoms with E-state index in [1.54, 1.807) is 18.2 Å². The summed E-state index contributed by atoms with van der Waals surface area (Å²) < 4.78 is 11.9. The molecule has 25 heavy (non-hydrogen) atoms. The summed E-state index contributed by atoms with van der Waals surface area (Å²) in [4.78, 5) is 0. The van der Waals surface area contributed by atoms with Crippen LogP contribution in [0.5, 0.6) is 23.0 Å². The lowest BCUT2D eigenvalue weighted by Gasteiger charge is -2.16. The molecular weight excluding hydrogens is 312 g/mol. The van der Waals surface area contributed by atoms with E-state index in [0.29, 0.717) is 5.75 Å². The second-order valence-electron chi connectivity index (χ2n) is 5.94. The van der Waals surface area contributed by atoms with Gasteiger partial charge in [0, 0.05) is 0 Å². The molecule has 0 spiro atoms. The Morgan fingerprint density at radius 2 is 1.56 bits per heavy atom. The summed E-state index contributed by atoms with van der Waals surface area (Å²) in [7, 11) is 0. The van der Waals surface area contributed by atoms with E-state index in [1.807, 2.05) is 61.5 Å². The van der Waals surface area contributed by atoms with Crippen LogP contribution >= 0.6 is 0 Å². The minimum Gasteiger partial charge on any atom is -0.487 e. The van der Waals surface area contributed by atoms with Gasteiger partial charge in [0.25, 0.3) is 0 Å². The zero-order valence-corrected chi connectivity index (χ0v) is 14.4. The highest BCUT2D eigenvalue weighted by molar-refractivity contribution is 5.65. The summed E-state index contributed by atoms with van der Waals surface area (Å²) in [5, 5.41) is 11.5. The molecule has 0 aliphatic rings. The lowest BCUT2D eigenvalue weighted by Crippen LogP contribution is -2.10. The van der Waals surface area contributed by atoms with Crippen LogP contribution in [-0.4, -0.2) is 6.10 Å². The first-order valence-corrected chi connectivity index (χ1v) is 8.46. The van der Waals surface area contributed by atoms with Crippen LogP contribution < -0.4 is 9.47 Å². The van der Waals surface area contributed by atoms with E-state index < -0.39 is 0 Å². The van der Waals surface area contributed by atoms with Crippen molar-refractivity contribution in [3.63, 3.8) is 0 Å². The van der Waals surface area contributed by atoms with Crippen molar-refractivity contribution < 1.29 is 14.6 Å². The fourth-order valence-corrected chi connectivity index (χ4v) is 2.45. The minimum atomic E-state index is 0.00828. The van der Waals surface area contributed by atoms with Crippen molar-refractivity contribution in [2.24, 2.45) is 0 Å². The molecule has 0 saturated heterocycles. The van der Waals surface area contributed by atoms with Gasteiger partial charge in [-0.15, -0.1) is 0 Å². The molecule has 0 amide bonds. The Balaban J connectivity index is 1.78. The van der Waals surface area contributed by atoms with Gasteiger partial charge in [-0.25, -0.2) is 0 Å². The molecule has 127 valence electrons. The molecule has 3 nitrogen and oxygen atoms in total. The lowest BCUT2D eigenvalue weighted by atomic mass is 10.1. The van der Waals surface area contributed by atoms with Crippen LogP contribution in [0.3, 0.4) is 0 Å². The zero-order chi connectivity index (χ0) is 17.6. The largest absolute Gasteiger partial charge is 0.487 e. The van der Waals surface area contributed by atoms with Crippen molar-refractivity contribution in [3.8, 4) is 34.1 Å². The maximum absolute atomic E-state index is 11.5. The van der Waals surface area contributed by atoms with Crippen LogP contribution in [0.4, 0.5) is 0 Å². The average Bonchev–Trinajstić information content (AvgIpc) is 2.64. The average molecular weight is 333 g/mol. The highest BCUT2D eigenvalue weighted by Gasteiger charge is 2.09. The first-order chi connectivity index (χ1) is 12.2. The molecular formula is C22H21O3.